The molecule has 0 N–H and O–H groups in total. The van der Waals surface area contributed by atoms with Crippen molar-refractivity contribution in [3.8, 4) is 5.75 Å². The predicted molar refractivity (Wildman–Crippen MR) is 116 cm³/mol. The Morgan fingerprint density at radius 1 is 1.18 bits per heavy atom. The highest BCUT2D eigenvalue weighted by Crippen LogP contribution is 2.26. The van der Waals surface area contributed by atoms with Crippen molar-refractivity contribution in [2.75, 3.05) is 13.7 Å². The van der Waals surface area contributed by atoms with Crippen molar-refractivity contribution in [3.05, 3.63) is 59.1 Å². The van der Waals surface area contributed by atoms with E-state index in [4.69, 9.17) is 4.74 Å². The first-order valence-electron chi connectivity index (χ1n) is 9.90. The van der Waals surface area contributed by atoms with Crippen LogP contribution < -0.4 is 4.74 Å². The van der Waals surface area contributed by atoms with Gasteiger partial charge in [-0.05, 0) is 62.9 Å². The van der Waals surface area contributed by atoms with Gasteiger partial charge in [-0.1, -0.05) is 24.3 Å². The molecule has 1 amide bonds. The Hall–Kier alpha value is -2.40. The van der Waals surface area contributed by atoms with Crippen LogP contribution in [-0.4, -0.2) is 29.4 Å². The van der Waals surface area contributed by atoms with Gasteiger partial charge in [0.1, 0.15) is 5.75 Å². The first-order valence-corrected chi connectivity index (χ1v) is 10.7. The van der Waals surface area contributed by atoms with Crippen molar-refractivity contribution < 1.29 is 9.53 Å². The summed E-state index contributed by atoms with van der Waals surface area (Å²) < 4.78 is 6.55. The van der Waals surface area contributed by atoms with E-state index in [9.17, 15) is 4.79 Å². The van der Waals surface area contributed by atoms with Crippen LogP contribution in [0.2, 0.25) is 0 Å². The van der Waals surface area contributed by atoms with Gasteiger partial charge in [-0.3, -0.25) is 4.79 Å². The lowest BCUT2D eigenvalue weighted by Crippen LogP contribution is -2.33. The SMILES string of the molecule is CCN(C(=O)CCCCc1nc2ccccc2s1)C(C)c1cccc(OC)c1. The number of nitrogens with zero attached hydrogens (tertiary/aromatic N) is 2. The van der Waals surface area contributed by atoms with Crippen molar-refractivity contribution in [2.24, 2.45) is 0 Å². The minimum atomic E-state index is 0.0388. The van der Waals surface area contributed by atoms with E-state index in [1.54, 1.807) is 18.4 Å². The molecule has 148 valence electrons. The Morgan fingerprint density at radius 2 is 2.00 bits per heavy atom. The molecule has 0 fully saturated rings. The molecule has 1 atom stereocenters. The zero-order chi connectivity index (χ0) is 19.9. The molecule has 0 radical (unpaired) electrons. The quantitative estimate of drug-likeness (QED) is 0.440. The van der Waals surface area contributed by atoms with E-state index in [-0.39, 0.29) is 11.9 Å². The molecule has 4 nitrogen and oxygen atoms in total. The summed E-state index contributed by atoms with van der Waals surface area (Å²) in [6.07, 6.45) is 3.38. The van der Waals surface area contributed by atoms with E-state index in [1.165, 1.54) is 4.70 Å². The van der Waals surface area contributed by atoms with Gasteiger partial charge >= 0.3 is 0 Å². The lowest BCUT2D eigenvalue weighted by Gasteiger charge is -2.28. The van der Waals surface area contributed by atoms with E-state index in [0.29, 0.717) is 13.0 Å². The van der Waals surface area contributed by atoms with Crippen LogP contribution in [0, 0.1) is 0 Å². The van der Waals surface area contributed by atoms with Crippen molar-refractivity contribution in [1.29, 1.82) is 0 Å². The molecule has 2 aromatic carbocycles. The van der Waals surface area contributed by atoms with Gasteiger partial charge in [-0.15, -0.1) is 11.3 Å². The number of hydrogen-bond acceptors (Lipinski definition) is 4. The Morgan fingerprint density at radius 3 is 2.75 bits per heavy atom. The fourth-order valence-electron chi connectivity index (χ4n) is 3.47. The summed E-state index contributed by atoms with van der Waals surface area (Å²) in [4.78, 5) is 19.4. The molecule has 1 heterocycles. The third kappa shape index (κ3) is 4.90. The van der Waals surface area contributed by atoms with E-state index >= 15 is 0 Å². The zero-order valence-corrected chi connectivity index (χ0v) is 17.7. The van der Waals surface area contributed by atoms with Gasteiger partial charge in [0.15, 0.2) is 0 Å². The monoisotopic (exact) mass is 396 g/mol. The van der Waals surface area contributed by atoms with Gasteiger partial charge in [0.05, 0.1) is 28.4 Å². The number of para-hydroxylation sites is 1. The average molecular weight is 397 g/mol. The van der Waals surface area contributed by atoms with Gasteiger partial charge in [-0.2, -0.15) is 0 Å². The minimum Gasteiger partial charge on any atom is -0.497 e. The average Bonchev–Trinajstić information content (AvgIpc) is 3.14. The van der Waals surface area contributed by atoms with Crippen LogP contribution in [0.1, 0.15) is 49.7 Å². The number of fused-ring (bicyclic) bond motifs is 1. The van der Waals surface area contributed by atoms with Crippen molar-refractivity contribution >= 4 is 27.5 Å². The predicted octanol–water partition coefficient (Wildman–Crippen LogP) is 5.63. The number of aryl methyl sites for hydroxylation is 1. The molecule has 0 saturated carbocycles. The van der Waals surface area contributed by atoms with Gasteiger partial charge in [0, 0.05) is 13.0 Å². The fraction of sp³-hybridized carbons (Fsp3) is 0.391. The summed E-state index contributed by atoms with van der Waals surface area (Å²) in [5.74, 6) is 1.03. The van der Waals surface area contributed by atoms with Gasteiger partial charge in [0.2, 0.25) is 5.91 Å². The Bertz CT molecular complexity index is 889. The summed E-state index contributed by atoms with van der Waals surface area (Å²) in [6, 6.07) is 16.2. The first kappa shape index (κ1) is 20.3. The summed E-state index contributed by atoms with van der Waals surface area (Å²) in [7, 11) is 1.66. The Labute approximate surface area is 171 Å². The normalized spacial score (nSPS) is 12.1. The second-order valence-electron chi connectivity index (χ2n) is 6.91. The van der Waals surface area contributed by atoms with Crippen molar-refractivity contribution in [3.63, 3.8) is 0 Å². The van der Waals surface area contributed by atoms with Gasteiger partial charge < -0.3 is 9.64 Å². The highest BCUT2D eigenvalue weighted by Gasteiger charge is 2.20. The molecule has 1 unspecified atom stereocenters. The number of hydrogen-bond donors (Lipinski definition) is 0. The van der Waals surface area contributed by atoms with Crippen LogP contribution in [0.5, 0.6) is 5.75 Å². The zero-order valence-electron chi connectivity index (χ0n) is 16.9. The standard InChI is InChI=1S/C23H28N2O2S/c1-4-25(17(2)18-10-9-11-19(16-18)27-3)23(26)15-8-7-14-22-24-20-12-5-6-13-21(20)28-22/h5-6,9-13,16-17H,4,7-8,14-15H2,1-3H3. The lowest BCUT2D eigenvalue weighted by atomic mass is 10.1. The topological polar surface area (TPSA) is 42.4 Å². The molecular weight excluding hydrogens is 368 g/mol. The summed E-state index contributed by atoms with van der Waals surface area (Å²) in [5.41, 5.74) is 2.17. The van der Waals surface area contributed by atoms with E-state index in [1.807, 2.05) is 42.2 Å². The summed E-state index contributed by atoms with van der Waals surface area (Å²) in [5, 5.41) is 1.16. The maximum Gasteiger partial charge on any atom is 0.223 e. The highest BCUT2D eigenvalue weighted by atomic mass is 32.1. The number of carbonyl (C=O) groups excluding carboxylic acids is 1. The molecule has 0 aliphatic carbocycles. The van der Waals surface area contributed by atoms with Crippen molar-refractivity contribution in [2.45, 2.75) is 45.6 Å². The summed E-state index contributed by atoms with van der Waals surface area (Å²) in [6.45, 7) is 4.82. The number of ether oxygens (including phenoxy) is 1. The molecule has 0 spiro atoms. The molecular formula is C23H28N2O2S. The van der Waals surface area contributed by atoms with Crippen LogP contribution in [0.3, 0.4) is 0 Å². The van der Waals surface area contributed by atoms with Crippen LogP contribution in [-0.2, 0) is 11.2 Å². The maximum atomic E-state index is 12.8. The third-order valence-corrected chi connectivity index (χ3v) is 6.17. The number of benzene rings is 2. The van der Waals surface area contributed by atoms with Crippen LogP contribution in [0.25, 0.3) is 10.2 Å². The maximum absolute atomic E-state index is 12.8. The number of rotatable bonds is 9. The van der Waals surface area contributed by atoms with Gasteiger partial charge in [-0.25, -0.2) is 4.98 Å². The highest BCUT2D eigenvalue weighted by molar-refractivity contribution is 7.18. The molecule has 0 bridgehead atoms. The molecule has 0 aliphatic heterocycles. The number of thiazole rings is 1. The molecule has 3 rings (SSSR count). The first-order chi connectivity index (χ1) is 13.6. The van der Waals surface area contributed by atoms with Crippen LogP contribution in [0.15, 0.2) is 48.5 Å². The minimum absolute atomic E-state index is 0.0388. The number of aromatic nitrogens is 1. The Balaban J connectivity index is 1.51. The number of methoxy groups -OCH3 is 1. The number of amides is 1. The lowest BCUT2D eigenvalue weighted by molar-refractivity contribution is -0.133. The van der Waals surface area contributed by atoms with E-state index in [2.05, 4.69) is 30.1 Å². The molecule has 3 aromatic rings. The largest absolute Gasteiger partial charge is 0.497 e. The van der Waals surface area contributed by atoms with E-state index < -0.39 is 0 Å². The molecule has 0 saturated heterocycles. The fourth-order valence-corrected chi connectivity index (χ4v) is 4.48. The molecule has 5 heteroatoms. The molecule has 0 aliphatic rings. The van der Waals surface area contributed by atoms with E-state index in [0.717, 1.165) is 41.1 Å². The van der Waals surface area contributed by atoms with Crippen molar-refractivity contribution in [1.82, 2.24) is 9.88 Å². The Kier molecular flexibility index (Phi) is 7.04. The molecule has 28 heavy (non-hydrogen) atoms. The van der Waals surface area contributed by atoms with Crippen LogP contribution in [0.4, 0.5) is 0 Å². The van der Waals surface area contributed by atoms with Crippen LogP contribution >= 0.6 is 11.3 Å². The molecule has 1 aromatic heterocycles. The second-order valence-corrected chi connectivity index (χ2v) is 8.03. The van der Waals surface area contributed by atoms with Gasteiger partial charge in [0.25, 0.3) is 0 Å². The number of carbonyl (C=O) groups is 1. The third-order valence-electron chi connectivity index (χ3n) is 5.07. The summed E-state index contributed by atoms with van der Waals surface area (Å²) >= 11 is 1.75. The number of unbranched alkanes of at least 4 members (excludes halogenated alkanes) is 1. The second kappa shape index (κ2) is 9.69. The smallest absolute Gasteiger partial charge is 0.223 e.